The number of carboxylic acid groups (broad SMARTS) is 1. The second-order valence-electron chi connectivity index (χ2n) is 7.09. The molecular weight excluding hydrogens is 420 g/mol. The molecule has 0 radical (unpaired) electrons. The maximum absolute atomic E-state index is 12.3. The molecule has 4 rings (SSSR count). The first-order valence-electron chi connectivity index (χ1n) is 9.48. The third-order valence-electron chi connectivity index (χ3n) is 5.36. The predicted octanol–water partition coefficient (Wildman–Crippen LogP) is 3.77. The highest BCUT2D eigenvalue weighted by Gasteiger charge is 2.55. The molecular formula is C23H23ClN2O3S. The van der Waals surface area contributed by atoms with Crippen LogP contribution in [0, 0.1) is 0 Å². The summed E-state index contributed by atoms with van der Waals surface area (Å²) in [5.41, 5.74) is 8.92. The van der Waals surface area contributed by atoms with Gasteiger partial charge < -0.3 is 10.8 Å². The van der Waals surface area contributed by atoms with E-state index in [-0.39, 0.29) is 40.6 Å². The summed E-state index contributed by atoms with van der Waals surface area (Å²) < 4.78 is 0. The molecule has 156 valence electrons. The zero-order valence-corrected chi connectivity index (χ0v) is 18.0. The molecule has 3 atom stereocenters. The van der Waals surface area contributed by atoms with E-state index in [1.54, 1.807) is 11.8 Å². The number of benzene rings is 2. The molecule has 30 heavy (non-hydrogen) atoms. The number of β-lactam (4-membered cyclic amide) rings is 1. The Morgan fingerprint density at radius 1 is 1.10 bits per heavy atom. The first-order valence-corrected chi connectivity index (χ1v) is 10.4. The molecule has 0 aliphatic carbocycles. The number of rotatable bonds is 5. The summed E-state index contributed by atoms with van der Waals surface area (Å²) in [5.74, 6) is -1.52. The number of thioether (sulfide) groups is 1. The Bertz CT molecular complexity index is 955. The molecule has 2 aromatic carbocycles. The summed E-state index contributed by atoms with van der Waals surface area (Å²) in [6.45, 7) is 1.85. The molecule has 1 fully saturated rings. The minimum absolute atomic E-state index is 0. The van der Waals surface area contributed by atoms with Crippen molar-refractivity contribution in [2.45, 2.75) is 29.5 Å². The molecule has 1 saturated heterocycles. The fraction of sp³-hybridized carbons (Fsp3) is 0.217. The molecule has 2 heterocycles. The summed E-state index contributed by atoms with van der Waals surface area (Å²) in [4.78, 5) is 25.9. The minimum atomic E-state index is -1.10. The van der Waals surface area contributed by atoms with Gasteiger partial charge in [0, 0.05) is 11.2 Å². The number of halogens is 1. The molecule has 0 saturated carbocycles. The number of carbonyl (C=O) groups excluding carboxylic acids is 1. The lowest BCUT2D eigenvalue weighted by molar-refractivity contribution is -0.148. The van der Waals surface area contributed by atoms with Crippen LogP contribution >= 0.6 is 24.2 Å². The van der Waals surface area contributed by atoms with Crippen molar-refractivity contribution in [1.82, 2.24) is 4.90 Å². The van der Waals surface area contributed by atoms with E-state index in [1.807, 2.05) is 55.5 Å². The van der Waals surface area contributed by atoms with Crippen molar-refractivity contribution in [3.8, 4) is 0 Å². The minimum Gasteiger partial charge on any atom is -0.477 e. The molecule has 0 aromatic heterocycles. The molecule has 1 amide bonds. The normalized spacial score (nSPS) is 23.2. The zero-order valence-electron chi connectivity index (χ0n) is 16.3. The van der Waals surface area contributed by atoms with E-state index in [9.17, 15) is 14.7 Å². The number of amides is 1. The standard InChI is InChI=1S/C23H22N2O3S.ClH/c1-2-9-16-19(23(27)28)25-21(26)18(24)22(25)29-20(16)17(14-10-5-3-6-11-14)15-12-7-4-8-13-15;/h2-13,17-18,20,22H,24H2,1H3,(H,27,28);1H/b9-2-;/t18?,20?,22-;/m1./s1. The zero-order chi connectivity index (χ0) is 20.5. The maximum Gasteiger partial charge on any atom is 0.352 e. The van der Waals surface area contributed by atoms with Crippen molar-refractivity contribution in [3.63, 3.8) is 0 Å². The van der Waals surface area contributed by atoms with E-state index >= 15 is 0 Å². The van der Waals surface area contributed by atoms with Crippen LogP contribution in [0.1, 0.15) is 24.0 Å². The fourth-order valence-electron chi connectivity index (χ4n) is 4.07. The number of allylic oxidation sites excluding steroid dienone is 2. The van der Waals surface area contributed by atoms with Crippen LogP contribution in [0.2, 0.25) is 0 Å². The molecule has 7 heteroatoms. The van der Waals surface area contributed by atoms with Gasteiger partial charge in [-0.25, -0.2) is 4.79 Å². The second-order valence-corrected chi connectivity index (χ2v) is 8.35. The van der Waals surface area contributed by atoms with E-state index in [4.69, 9.17) is 5.73 Å². The van der Waals surface area contributed by atoms with Crippen molar-refractivity contribution in [2.24, 2.45) is 5.73 Å². The molecule has 0 spiro atoms. The SMILES string of the molecule is C/C=C\C1=C(C(=O)O)N2C(=O)C(N)[C@H]2SC1C(c1ccccc1)c1ccccc1.Cl. The van der Waals surface area contributed by atoms with E-state index in [1.165, 1.54) is 4.90 Å². The van der Waals surface area contributed by atoms with E-state index in [0.29, 0.717) is 5.57 Å². The maximum atomic E-state index is 12.3. The smallest absolute Gasteiger partial charge is 0.352 e. The van der Waals surface area contributed by atoms with Crippen LogP contribution in [0.3, 0.4) is 0 Å². The van der Waals surface area contributed by atoms with Crippen molar-refractivity contribution >= 4 is 36.0 Å². The molecule has 2 aliphatic rings. The van der Waals surface area contributed by atoms with Crippen LogP contribution in [0.4, 0.5) is 0 Å². The monoisotopic (exact) mass is 442 g/mol. The number of carbonyl (C=O) groups is 2. The lowest BCUT2D eigenvalue weighted by Crippen LogP contribution is -2.69. The topological polar surface area (TPSA) is 83.6 Å². The molecule has 3 N–H and O–H groups in total. The number of hydrogen-bond acceptors (Lipinski definition) is 4. The quantitative estimate of drug-likeness (QED) is 0.688. The Balaban J connectivity index is 0.00000256. The van der Waals surface area contributed by atoms with Crippen molar-refractivity contribution in [2.75, 3.05) is 0 Å². The number of hydrogen-bond donors (Lipinski definition) is 2. The third kappa shape index (κ3) is 3.67. The van der Waals surface area contributed by atoms with Gasteiger partial charge in [0.15, 0.2) is 0 Å². The molecule has 0 bridgehead atoms. The van der Waals surface area contributed by atoms with E-state index in [0.717, 1.165) is 11.1 Å². The predicted molar refractivity (Wildman–Crippen MR) is 121 cm³/mol. The third-order valence-corrected chi connectivity index (χ3v) is 6.96. The molecule has 2 aliphatic heterocycles. The van der Waals surface area contributed by atoms with Gasteiger partial charge in [-0.3, -0.25) is 9.69 Å². The van der Waals surface area contributed by atoms with Gasteiger partial charge in [0.05, 0.1) is 0 Å². The van der Waals surface area contributed by atoms with E-state index in [2.05, 4.69) is 24.3 Å². The van der Waals surface area contributed by atoms with Gasteiger partial charge in [-0.05, 0) is 23.6 Å². The van der Waals surface area contributed by atoms with Gasteiger partial charge in [0.25, 0.3) is 0 Å². The average molecular weight is 443 g/mol. The summed E-state index contributed by atoms with van der Waals surface area (Å²) >= 11 is 1.57. The van der Waals surface area contributed by atoms with Crippen LogP contribution < -0.4 is 5.73 Å². The number of nitrogens with zero attached hydrogens (tertiary/aromatic N) is 1. The Hall–Kier alpha value is -2.54. The van der Waals surface area contributed by atoms with Gasteiger partial charge >= 0.3 is 5.97 Å². The van der Waals surface area contributed by atoms with Crippen LogP contribution in [0.5, 0.6) is 0 Å². The number of nitrogens with two attached hydrogens (primary N) is 1. The summed E-state index contributed by atoms with van der Waals surface area (Å²) in [6.07, 6.45) is 3.64. The van der Waals surface area contributed by atoms with Gasteiger partial charge in [0.1, 0.15) is 17.1 Å². The highest BCUT2D eigenvalue weighted by atomic mass is 35.5. The van der Waals surface area contributed by atoms with E-state index < -0.39 is 12.0 Å². The van der Waals surface area contributed by atoms with Gasteiger partial charge in [0.2, 0.25) is 5.91 Å². The largest absolute Gasteiger partial charge is 0.477 e. The fourth-order valence-corrected chi connectivity index (χ4v) is 5.79. The summed E-state index contributed by atoms with van der Waals surface area (Å²) in [6, 6.07) is 19.4. The highest BCUT2D eigenvalue weighted by molar-refractivity contribution is 8.01. The van der Waals surface area contributed by atoms with Crippen LogP contribution in [-0.4, -0.2) is 38.5 Å². The number of fused-ring (bicyclic) bond motifs is 1. The Labute approximate surface area is 186 Å². The lowest BCUT2D eigenvalue weighted by Gasteiger charge is -2.51. The van der Waals surface area contributed by atoms with Crippen molar-refractivity contribution in [1.29, 1.82) is 0 Å². The van der Waals surface area contributed by atoms with Gasteiger partial charge in [-0.2, -0.15) is 0 Å². The molecule has 5 nitrogen and oxygen atoms in total. The van der Waals surface area contributed by atoms with Crippen LogP contribution in [-0.2, 0) is 9.59 Å². The van der Waals surface area contributed by atoms with Crippen molar-refractivity contribution in [3.05, 3.63) is 95.2 Å². The number of aliphatic carboxylic acids is 1. The molecule has 2 aromatic rings. The van der Waals surface area contributed by atoms with Crippen LogP contribution in [0.15, 0.2) is 84.1 Å². The molecule has 2 unspecified atom stereocenters. The number of carboxylic acids is 1. The Morgan fingerprint density at radius 3 is 2.10 bits per heavy atom. The van der Waals surface area contributed by atoms with Gasteiger partial charge in [-0.1, -0.05) is 72.8 Å². The summed E-state index contributed by atoms with van der Waals surface area (Å²) in [5, 5.41) is 9.40. The summed E-state index contributed by atoms with van der Waals surface area (Å²) in [7, 11) is 0. The first kappa shape index (κ1) is 22.2. The average Bonchev–Trinajstić information content (AvgIpc) is 2.75. The Morgan fingerprint density at radius 2 is 1.63 bits per heavy atom. The van der Waals surface area contributed by atoms with Crippen LogP contribution in [0.25, 0.3) is 0 Å². The lowest BCUT2D eigenvalue weighted by atomic mass is 9.84. The highest BCUT2D eigenvalue weighted by Crippen LogP contribution is 2.50. The van der Waals surface area contributed by atoms with Crippen molar-refractivity contribution < 1.29 is 14.7 Å². The Kier molecular flexibility index (Phi) is 6.71. The first-order chi connectivity index (χ1) is 14.0. The second kappa shape index (κ2) is 9.08. The van der Waals surface area contributed by atoms with Gasteiger partial charge in [-0.15, -0.1) is 24.2 Å².